The standard InChI is InChI=1S/C12H15N5O2S/c1-9(10-3-2-5-14-7-10)17-20(18,19)12-8-15-6-4-11(12)16-13/h2-9,17H,13H2,1H3,(H,15,16). The highest BCUT2D eigenvalue weighted by Gasteiger charge is 2.21. The number of anilines is 1. The lowest BCUT2D eigenvalue weighted by Crippen LogP contribution is -2.28. The minimum Gasteiger partial charge on any atom is -0.323 e. The first-order valence-electron chi connectivity index (χ1n) is 5.87. The van der Waals surface area contributed by atoms with Crippen LogP contribution in [0.2, 0.25) is 0 Å². The van der Waals surface area contributed by atoms with Crippen LogP contribution in [0.15, 0.2) is 47.9 Å². The molecule has 0 aliphatic carbocycles. The van der Waals surface area contributed by atoms with Crippen molar-refractivity contribution in [2.45, 2.75) is 17.9 Å². The van der Waals surface area contributed by atoms with Crippen LogP contribution in [0.1, 0.15) is 18.5 Å². The lowest BCUT2D eigenvalue weighted by molar-refractivity contribution is 0.566. The van der Waals surface area contributed by atoms with Crippen LogP contribution < -0.4 is 16.0 Å². The summed E-state index contributed by atoms with van der Waals surface area (Å²) in [7, 11) is -3.73. The monoisotopic (exact) mass is 293 g/mol. The molecule has 8 heteroatoms. The topological polar surface area (TPSA) is 110 Å². The maximum absolute atomic E-state index is 12.3. The third-order valence-electron chi connectivity index (χ3n) is 2.75. The van der Waals surface area contributed by atoms with Gasteiger partial charge in [0, 0.05) is 30.8 Å². The highest BCUT2D eigenvalue weighted by Crippen LogP contribution is 2.21. The Morgan fingerprint density at radius 2 is 1.95 bits per heavy atom. The molecular weight excluding hydrogens is 278 g/mol. The first-order valence-corrected chi connectivity index (χ1v) is 7.36. The lowest BCUT2D eigenvalue weighted by atomic mass is 10.2. The number of nitrogens with zero attached hydrogens (tertiary/aromatic N) is 2. The van der Waals surface area contributed by atoms with Crippen molar-refractivity contribution in [3.05, 3.63) is 48.5 Å². The minimum atomic E-state index is -3.73. The van der Waals surface area contributed by atoms with Crippen molar-refractivity contribution >= 4 is 15.7 Å². The van der Waals surface area contributed by atoms with Gasteiger partial charge in [-0.05, 0) is 24.6 Å². The van der Waals surface area contributed by atoms with E-state index < -0.39 is 16.1 Å². The number of rotatable bonds is 5. The minimum absolute atomic E-state index is 0.00163. The van der Waals surface area contributed by atoms with Crippen LogP contribution in [-0.2, 0) is 10.0 Å². The van der Waals surface area contributed by atoms with Gasteiger partial charge < -0.3 is 5.43 Å². The molecule has 1 unspecified atom stereocenters. The van der Waals surface area contributed by atoms with E-state index in [0.29, 0.717) is 0 Å². The van der Waals surface area contributed by atoms with Gasteiger partial charge in [0.1, 0.15) is 4.90 Å². The molecule has 2 aromatic heterocycles. The fraction of sp³-hybridized carbons (Fsp3) is 0.167. The molecule has 20 heavy (non-hydrogen) atoms. The van der Waals surface area contributed by atoms with Crippen molar-refractivity contribution in [1.82, 2.24) is 14.7 Å². The van der Waals surface area contributed by atoms with E-state index in [1.54, 1.807) is 31.5 Å². The third kappa shape index (κ3) is 3.10. The third-order valence-corrected chi connectivity index (χ3v) is 4.31. The summed E-state index contributed by atoms with van der Waals surface area (Å²) in [4.78, 5) is 7.77. The molecule has 2 rings (SSSR count). The molecule has 4 N–H and O–H groups in total. The summed E-state index contributed by atoms with van der Waals surface area (Å²) < 4.78 is 27.2. The van der Waals surface area contributed by atoms with E-state index in [0.717, 1.165) is 5.56 Å². The average Bonchev–Trinajstić information content (AvgIpc) is 2.47. The number of sulfonamides is 1. The summed E-state index contributed by atoms with van der Waals surface area (Å²) in [6.45, 7) is 1.74. The highest BCUT2D eigenvalue weighted by molar-refractivity contribution is 7.89. The Morgan fingerprint density at radius 3 is 2.60 bits per heavy atom. The predicted octanol–water partition coefficient (Wildman–Crippen LogP) is 0.802. The number of hydrogen-bond donors (Lipinski definition) is 3. The number of pyridine rings is 2. The van der Waals surface area contributed by atoms with Gasteiger partial charge in [0.05, 0.1) is 5.69 Å². The lowest BCUT2D eigenvalue weighted by Gasteiger charge is -2.15. The molecule has 0 saturated heterocycles. The molecule has 0 aliphatic heterocycles. The Labute approximate surface area is 117 Å². The molecule has 0 bridgehead atoms. The maximum atomic E-state index is 12.3. The number of aromatic nitrogens is 2. The predicted molar refractivity (Wildman–Crippen MR) is 75.0 cm³/mol. The van der Waals surface area contributed by atoms with Crippen LogP contribution in [0.3, 0.4) is 0 Å². The van der Waals surface area contributed by atoms with Gasteiger partial charge in [-0.1, -0.05) is 6.07 Å². The normalized spacial score (nSPS) is 12.9. The zero-order valence-corrected chi connectivity index (χ0v) is 11.6. The fourth-order valence-corrected chi connectivity index (χ4v) is 3.05. The van der Waals surface area contributed by atoms with Crippen molar-refractivity contribution in [2.75, 3.05) is 5.43 Å². The van der Waals surface area contributed by atoms with Gasteiger partial charge in [-0.3, -0.25) is 15.8 Å². The van der Waals surface area contributed by atoms with Crippen LogP contribution in [0, 0.1) is 0 Å². The Balaban J connectivity index is 2.28. The van der Waals surface area contributed by atoms with Gasteiger partial charge in [0.25, 0.3) is 0 Å². The van der Waals surface area contributed by atoms with Crippen LogP contribution in [0.4, 0.5) is 5.69 Å². The van der Waals surface area contributed by atoms with Crippen LogP contribution in [0.5, 0.6) is 0 Å². The molecule has 7 nitrogen and oxygen atoms in total. The molecule has 1 atom stereocenters. The zero-order chi connectivity index (χ0) is 14.6. The molecule has 0 spiro atoms. The smallest absolute Gasteiger partial charge is 0.244 e. The second-order valence-electron chi connectivity index (χ2n) is 4.15. The second kappa shape index (κ2) is 5.95. The van der Waals surface area contributed by atoms with E-state index >= 15 is 0 Å². The van der Waals surface area contributed by atoms with E-state index in [-0.39, 0.29) is 10.6 Å². The van der Waals surface area contributed by atoms with Crippen LogP contribution in [0.25, 0.3) is 0 Å². The first kappa shape index (κ1) is 14.4. The maximum Gasteiger partial charge on any atom is 0.244 e. The van der Waals surface area contributed by atoms with E-state index in [1.165, 1.54) is 18.5 Å². The quantitative estimate of drug-likeness (QED) is 0.555. The zero-order valence-electron chi connectivity index (χ0n) is 10.8. The van der Waals surface area contributed by atoms with Crippen molar-refractivity contribution in [1.29, 1.82) is 0 Å². The number of nitrogens with two attached hydrogens (primary N) is 1. The number of nitrogen functional groups attached to an aromatic ring is 1. The van der Waals surface area contributed by atoms with Crippen molar-refractivity contribution in [2.24, 2.45) is 5.84 Å². The summed E-state index contributed by atoms with van der Waals surface area (Å²) in [6, 6.07) is 4.62. The molecule has 0 saturated carbocycles. The Bertz CT molecular complexity index is 675. The van der Waals surface area contributed by atoms with Gasteiger partial charge in [-0.2, -0.15) is 0 Å². The number of hydrazine groups is 1. The summed E-state index contributed by atoms with van der Waals surface area (Å²) >= 11 is 0. The largest absolute Gasteiger partial charge is 0.323 e. The molecule has 106 valence electrons. The van der Waals surface area contributed by atoms with Gasteiger partial charge in [-0.15, -0.1) is 0 Å². The molecule has 2 aromatic rings. The number of nitrogens with one attached hydrogen (secondary N) is 2. The molecule has 0 aromatic carbocycles. The molecule has 2 heterocycles. The van der Waals surface area contributed by atoms with Crippen LogP contribution >= 0.6 is 0 Å². The summed E-state index contributed by atoms with van der Waals surface area (Å²) in [6.07, 6.45) is 5.94. The van der Waals surface area contributed by atoms with E-state index in [4.69, 9.17) is 5.84 Å². The average molecular weight is 293 g/mol. The van der Waals surface area contributed by atoms with Gasteiger partial charge in [-0.25, -0.2) is 13.1 Å². The Kier molecular flexibility index (Phi) is 4.28. The van der Waals surface area contributed by atoms with E-state index in [9.17, 15) is 8.42 Å². The summed E-state index contributed by atoms with van der Waals surface area (Å²) in [5.41, 5.74) is 3.39. The molecule has 0 fully saturated rings. The van der Waals surface area contributed by atoms with Crippen LogP contribution in [-0.4, -0.2) is 18.4 Å². The van der Waals surface area contributed by atoms with Crippen molar-refractivity contribution in [3.8, 4) is 0 Å². The van der Waals surface area contributed by atoms with E-state index in [1.807, 2.05) is 0 Å². The van der Waals surface area contributed by atoms with Crippen molar-refractivity contribution < 1.29 is 8.42 Å². The van der Waals surface area contributed by atoms with Gasteiger partial charge in [0.2, 0.25) is 10.0 Å². The highest BCUT2D eigenvalue weighted by atomic mass is 32.2. The molecular formula is C12H15N5O2S. The summed E-state index contributed by atoms with van der Waals surface area (Å²) in [5.74, 6) is 5.31. The van der Waals surface area contributed by atoms with Gasteiger partial charge in [0.15, 0.2) is 0 Å². The first-order chi connectivity index (χ1) is 9.54. The van der Waals surface area contributed by atoms with Crippen molar-refractivity contribution in [3.63, 3.8) is 0 Å². The van der Waals surface area contributed by atoms with E-state index in [2.05, 4.69) is 20.1 Å². The Morgan fingerprint density at radius 1 is 1.20 bits per heavy atom. The fourth-order valence-electron chi connectivity index (χ4n) is 1.71. The molecule has 0 aliphatic rings. The van der Waals surface area contributed by atoms with Gasteiger partial charge >= 0.3 is 0 Å². The number of hydrogen-bond acceptors (Lipinski definition) is 6. The molecule has 0 amide bonds. The summed E-state index contributed by atoms with van der Waals surface area (Å²) in [5, 5.41) is 0. The second-order valence-corrected chi connectivity index (χ2v) is 5.83. The Hall–Kier alpha value is -2.03. The molecule has 0 radical (unpaired) electrons. The SMILES string of the molecule is CC(NS(=O)(=O)c1cnccc1NN)c1cccnc1.